The molecule has 1 rings (SSSR count). The van der Waals surface area contributed by atoms with Gasteiger partial charge in [-0.25, -0.2) is 4.79 Å². The van der Waals surface area contributed by atoms with Crippen LogP contribution in [0.5, 0.6) is 5.75 Å². The molecule has 0 N–H and O–H groups in total. The molecule has 0 aromatic heterocycles. The third kappa shape index (κ3) is 3.46. The lowest BCUT2D eigenvalue weighted by molar-refractivity contribution is 0.0150. The summed E-state index contributed by atoms with van der Waals surface area (Å²) in [6, 6.07) is 9.05. The molecule has 0 saturated heterocycles. The van der Waals surface area contributed by atoms with Crippen LogP contribution in [0.1, 0.15) is 0 Å². The molecule has 0 aliphatic carbocycles. The zero-order valence-electron chi connectivity index (χ0n) is 7.23. The van der Waals surface area contributed by atoms with Gasteiger partial charge in [-0.2, -0.15) is 0 Å². The number of hydrogen-bond donors (Lipinski definition) is 0. The summed E-state index contributed by atoms with van der Waals surface area (Å²) in [6.45, 7) is -0.142. The second-order valence-corrected chi connectivity index (χ2v) is 2.17. The second kappa shape index (κ2) is 5.03. The van der Waals surface area contributed by atoms with E-state index in [4.69, 9.17) is 4.74 Å². The van der Waals surface area contributed by atoms with Crippen molar-refractivity contribution >= 4 is 6.16 Å². The van der Waals surface area contributed by atoms with Gasteiger partial charge in [0.25, 0.3) is 0 Å². The van der Waals surface area contributed by atoms with Crippen LogP contribution in [0.4, 0.5) is 4.79 Å². The summed E-state index contributed by atoms with van der Waals surface area (Å²) in [5, 5.41) is 0. The zero-order valence-corrected chi connectivity index (χ0v) is 7.23. The van der Waals surface area contributed by atoms with E-state index in [-0.39, 0.29) is 6.79 Å². The van der Waals surface area contributed by atoms with Gasteiger partial charge >= 0.3 is 6.16 Å². The molecule has 1 aromatic carbocycles. The van der Waals surface area contributed by atoms with Gasteiger partial charge in [0.05, 0.1) is 7.11 Å². The summed E-state index contributed by atoms with van der Waals surface area (Å²) >= 11 is 0. The Morgan fingerprint density at radius 3 is 2.62 bits per heavy atom. The predicted molar refractivity (Wildman–Crippen MR) is 45.4 cm³/mol. The molecule has 0 radical (unpaired) electrons. The Balaban J connectivity index is 2.24. The molecular weight excluding hydrogens is 172 g/mol. The van der Waals surface area contributed by atoms with Crippen LogP contribution in [0.2, 0.25) is 0 Å². The Labute approximate surface area is 76.0 Å². The van der Waals surface area contributed by atoms with E-state index in [0.717, 1.165) is 0 Å². The molecule has 0 heterocycles. The van der Waals surface area contributed by atoms with Crippen LogP contribution in [0.15, 0.2) is 30.3 Å². The SMILES string of the molecule is COC(=O)OCOc1ccccc1. The van der Waals surface area contributed by atoms with Crippen molar-refractivity contribution in [2.45, 2.75) is 0 Å². The molecule has 0 bridgehead atoms. The van der Waals surface area contributed by atoms with Gasteiger partial charge in [0.2, 0.25) is 6.79 Å². The van der Waals surface area contributed by atoms with Crippen LogP contribution in [0.3, 0.4) is 0 Å². The fourth-order valence-electron chi connectivity index (χ4n) is 0.721. The van der Waals surface area contributed by atoms with E-state index in [1.54, 1.807) is 12.1 Å². The fourth-order valence-corrected chi connectivity index (χ4v) is 0.721. The van der Waals surface area contributed by atoms with Crippen LogP contribution in [-0.2, 0) is 9.47 Å². The van der Waals surface area contributed by atoms with Gasteiger partial charge in [-0.3, -0.25) is 0 Å². The molecule has 0 atom stereocenters. The van der Waals surface area contributed by atoms with Gasteiger partial charge in [-0.15, -0.1) is 0 Å². The van der Waals surface area contributed by atoms with Crippen molar-refractivity contribution < 1.29 is 19.0 Å². The molecular formula is C9H10O4. The minimum Gasteiger partial charge on any atom is -0.457 e. The first-order valence-electron chi connectivity index (χ1n) is 3.71. The maximum Gasteiger partial charge on any atom is 0.510 e. The van der Waals surface area contributed by atoms with Crippen LogP contribution in [-0.4, -0.2) is 20.1 Å². The van der Waals surface area contributed by atoms with Gasteiger partial charge < -0.3 is 14.2 Å². The van der Waals surface area contributed by atoms with Crippen LogP contribution >= 0.6 is 0 Å². The highest BCUT2D eigenvalue weighted by atomic mass is 16.8. The molecule has 0 amide bonds. The Bertz CT molecular complexity index is 258. The molecule has 4 nitrogen and oxygen atoms in total. The van der Waals surface area contributed by atoms with E-state index in [0.29, 0.717) is 5.75 Å². The number of benzene rings is 1. The molecule has 0 fully saturated rings. The standard InChI is InChI=1S/C9H10O4/c1-11-9(10)13-7-12-8-5-3-2-4-6-8/h2-6H,7H2,1H3. The summed E-state index contributed by atoms with van der Waals surface area (Å²) < 4.78 is 13.8. The Kier molecular flexibility index (Phi) is 3.63. The Morgan fingerprint density at radius 2 is 2.00 bits per heavy atom. The van der Waals surface area contributed by atoms with Crippen molar-refractivity contribution in [3.8, 4) is 5.75 Å². The molecule has 0 unspecified atom stereocenters. The number of ether oxygens (including phenoxy) is 3. The first-order chi connectivity index (χ1) is 6.33. The molecule has 1 aromatic rings. The average Bonchev–Trinajstić information content (AvgIpc) is 2.19. The fraction of sp³-hybridized carbons (Fsp3) is 0.222. The third-order valence-corrected chi connectivity index (χ3v) is 1.31. The van der Waals surface area contributed by atoms with Crippen molar-refractivity contribution in [2.75, 3.05) is 13.9 Å². The normalized spacial score (nSPS) is 9.00. The first-order valence-corrected chi connectivity index (χ1v) is 3.71. The minimum atomic E-state index is -0.754. The van der Waals surface area contributed by atoms with Gasteiger partial charge in [-0.05, 0) is 12.1 Å². The van der Waals surface area contributed by atoms with E-state index in [9.17, 15) is 4.79 Å². The monoisotopic (exact) mass is 182 g/mol. The van der Waals surface area contributed by atoms with E-state index in [1.165, 1.54) is 7.11 Å². The summed E-state index contributed by atoms with van der Waals surface area (Å²) in [4.78, 5) is 10.5. The van der Waals surface area contributed by atoms with E-state index in [1.807, 2.05) is 18.2 Å². The number of hydrogen-bond acceptors (Lipinski definition) is 4. The lowest BCUT2D eigenvalue weighted by atomic mass is 10.3. The number of carbonyl (C=O) groups is 1. The molecule has 0 aliphatic heterocycles. The van der Waals surface area contributed by atoms with Crippen molar-refractivity contribution in [1.82, 2.24) is 0 Å². The predicted octanol–water partition coefficient (Wildman–Crippen LogP) is 1.81. The molecule has 70 valence electrons. The van der Waals surface area contributed by atoms with E-state index >= 15 is 0 Å². The number of rotatable bonds is 3. The van der Waals surface area contributed by atoms with Crippen molar-refractivity contribution in [1.29, 1.82) is 0 Å². The highest BCUT2D eigenvalue weighted by molar-refractivity contribution is 5.59. The van der Waals surface area contributed by atoms with Crippen molar-refractivity contribution in [2.24, 2.45) is 0 Å². The molecule has 13 heavy (non-hydrogen) atoms. The topological polar surface area (TPSA) is 44.8 Å². The summed E-state index contributed by atoms with van der Waals surface area (Å²) in [7, 11) is 1.24. The smallest absolute Gasteiger partial charge is 0.457 e. The number of methoxy groups -OCH3 is 1. The van der Waals surface area contributed by atoms with Gasteiger partial charge in [0.1, 0.15) is 5.75 Å². The summed E-state index contributed by atoms with van der Waals surface area (Å²) in [5.41, 5.74) is 0. The van der Waals surface area contributed by atoms with Gasteiger partial charge in [0, 0.05) is 0 Å². The van der Waals surface area contributed by atoms with Crippen LogP contribution in [0, 0.1) is 0 Å². The highest BCUT2D eigenvalue weighted by Crippen LogP contribution is 2.07. The molecule has 0 aliphatic rings. The third-order valence-electron chi connectivity index (χ3n) is 1.31. The van der Waals surface area contributed by atoms with Crippen LogP contribution in [0.25, 0.3) is 0 Å². The lowest BCUT2D eigenvalue weighted by Crippen LogP contribution is -2.09. The quantitative estimate of drug-likeness (QED) is 0.528. The summed E-state index contributed by atoms with van der Waals surface area (Å²) in [5.74, 6) is 0.645. The van der Waals surface area contributed by atoms with E-state index < -0.39 is 6.16 Å². The van der Waals surface area contributed by atoms with Gasteiger partial charge in [0.15, 0.2) is 0 Å². The lowest BCUT2D eigenvalue weighted by Gasteiger charge is -2.05. The maximum absolute atomic E-state index is 10.5. The number of carbonyl (C=O) groups excluding carboxylic acids is 1. The molecule has 0 saturated carbocycles. The Morgan fingerprint density at radius 1 is 1.31 bits per heavy atom. The van der Waals surface area contributed by atoms with Gasteiger partial charge in [-0.1, -0.05) is 18.2 Å². The van der Waals surface area contributed by atoms with Crippen molar-refractivity contribution in [3.63, 3.8) is 0 Å². The second-order valence-electron chi connectivity index (χ2n) is 2.17. The summed E-state index contributed by atoms with van der Waals surface area (Å²) in [6.07, 6.45) is -0.754. The van der Waals surface area contributed by atoms with E-state index in [2.05, 4.69) is 9.47 Å². The highest BCUT2D eigenvalue weighted by Gasteiger charge is 1.99. The number of para-hydroxylation sites is 1. The largest absolute Gasteiger partial charge is 0.510 e. The zero-order chi connectivity index (χ0) is 9.52. The molecule has 4 heteroatoms. The van der Waals surface area contributed by atoms with Crippen molar-refractivity contribution in [3.05, 3.63) is 30.3 Å². The van der Waals surface area contributed by atoms with Crippen LogP contribution < -0.4 is 4.74 Å². The molecule has 0 spiro atoms. The Hall–Kier alpha value is -1.71. The first kappa shape index (κ1) is 9.38. The average molecular weight is 182 g/mol. The maximum atomic E-state index is 10.5. The minimum absolute atomic E-state index is 0.142.